The molecule has 0 radical (unpaired) electrons. The van der Waals surface area contributed by atoms with Crippen LogP contribution in [0.2, 0.25) is 0 Å². The van der Waals surface area contributed by atoms with E-state index in [4.69, 9.17) is 4.84 Å². The van der Waals surface area contributed by atoms with E-state index in [0.29, 0.717) is 12.0 Å². The van der Waals surface area contributed by atoms with Gasteiger partial charge in [-0.05, 0) is 84.4 Å². The highest BCUT2D eigenvalue weighted by atomic mass is 32.2. The molecule has 0 N–H and O–H groups in total. The Morgan fingerprint density at radius 2 is 1.82 bits per heavy atom. The number of amidine groups is 1. The van der Waals surface area contributed by atoms with Gasteiger partial charge in [0, 0.05) is 62.5 Å². The van der Waals surface area contributed by atoms with E-state index in [9.17, 15) is 4.39 Å². The van der Waals surface area contributed by atoms with Crippen LogP contribution in [0.25, 0.3) is 11.1 Å². The first-order valence-corrected chi connectivity index (χ1v) is 16.7. The van der Waals surface area contributed by atoms with Gasteiger partial charge in [0.25, 0.3) is 0 Å². The number of hydrogen-bond donors (Lipinski definition) is 0. The molecule has 0 aromatic heterocycles. The maximum Gasteiger partial charge on any atom is 0.170 e. The lowest BCUT2D eigenvalue weighted by atomic mass is 9.86. The number of piperidine rings is 1. The van der Waals surface area contributed by atoms with Gasteiger partial charge in [0.05, 0.1) is 6.42 Å². The second-order valence-corrected chi connectivity index (χ2v) is 14.2. The molecule has 40 heavy (non-hydrogen) atoms. The van der Waals surface area contributed by atoms with E-state index in [0.717, 1.165) is 57.2 Å². The lowest BCUT2D eigenvalue weighted by Crippen LogP contribution is -2.62. The summed E-state index contributed by atoms with van der Waals surface area (Å²) in [4.78, 5) is 13.9. The van der Waals surface area contributed by atoms with Crippen molar-refractivity contribution in [2.24, 2.45) is 11.1 Å². The lowest BCUT2D eigenvalue weighted by Gasteiger charge is -2.46. The van der Waals surface area contributed by atoms with Crippen LogP contribution in [0.4, 0.5) is 10.1 Å². The van der Waals surface area contributed by atoms with Crippen molar-refractivity contribution >= 4 is 23.3 Å². The Bertz CT molecular complexity index is 1250. The van der Waals surface area contributed by atoms with E-state index < -0.39 is 0 Å². The molecule has 1 spiro atoms. The SMILES string of the molecule is CCC1CC(C)CCN1C1=NOC2(C1)CN(Cc1cc(C3CC3)c(-c3ccc(F)cc3)cc1N1CCSCC1)C2. The Kier molecular flexibility index (Phi) is 7.23. The van der Waals surface area contributed by atoms with Crippen molar-refractivity contribution in [1.82, 2.24) is 9.80 Å². The number of nitrogens with zero attached hydrogens (tertiary/aromatic N) is 4. The van der Waals surface area contributed by atoms with E-state index in [-0.39, 0.29) is 11.4 Å². The van der Waals surface area contributed by atoms with Gasteiger partial charge in [0.1, 0.15) is 11.7 Å². The molecule has 214 valence electrons. The third-order valence-electron chi connectivity index (χ3n) is 9.80. The molecule has 2 aromatic rings. The first-order valence-electron chi connectivity index (χ1n) is 15.5. The van der Waals surface area contributed by atoms with Gasteiger partial charge < -0.3 is 14.6 Å². The minimum atomic E-state index is -0.172. The Hall–Kier alpha value is -2.25. The highest BCUT2D eigenvalue weighted by Gasteiger charge is 2.51. The first kappa shape index (κ1) is 26.6. The molecule has 2 unspecified atom stereocenters. The summed E-state index contributed by atoms with van der Waals surface area (Å²) in [5, 5.41) is 4.67. The van der Waals surface area contributed by atoms with Crippen LogP contribution >= 0.6 is 11.8 Å². The van der Waals surface area contributed by atoms with Crippen molar-refractivity contribution < 1.29 is 9.23 Å². The van der Waals surface area contributed by atoms with Crippen LogP contribution in [0.15, 0.2) is 41.6 Å². The summed E-state index contributed by atoms with van der Waals surface area (Å²) < 4.78 is 13.8. The summed E-state index contributed by atoms with van der Waals surface area (Å²) in [7, 11) is 0. The molecule has 2 aromatic carbocycles. The maximum atomic E-state index is 13.8. The molecule has 1 aliphatic carbocycles. The molecule has 5 nitrogen and oxygen atoms in total. The molecule has 2 atom stereocenters. The number of thioether (sulfide) groups is 1. The average Bonchev–Trinajstić information content (AvgIpc) is 3.72. The van der Waals surface area contributed by atoms with Gasteiger partial charge >= 0.3 is 0 Å². The molecular formula is C33H43FN4OS. The topological polar surface area (TPSA) is 31.3 Å². The molecule has 5 aliphatic rings. The molecule has 3 saturated heterocycles. The van der Waals surface area contributed by atoms with Crippen LogP contribution in [-0.2, 0) is 11.4 Å². The van der Waals surface area contributed by atoms with E-state index in [1.807, 2.05) is 23.9 Å². The van der Waals surface area contributed by atoms with Crippen LogP contribution in [0, 0.1) is 11.7 Å². The number of oxime groups is 1. The Morgan fingerprint density at radius 1 is 1.05 bits per heavy atom. The van der Waals surface area contributed by atoms with E-state index in [1.165, 1.54) is 71.8 Å². The van der Waals surface area contributed by atoms with Crippen molar-refractivity contribution in [2.45, 2.75) is 76.5 Å². The molecule has 4 fully saturated rings. The number of rotatable bonds is 6. The number of likely N-dealkylation sites (tertiary alicyclic amines) is 2. The summed E-state index contributed by atoms with van der Waals surface area (Å²) in [6.45, 7) is 10.8. The summed E-state index contributed by atoms with van der Waals surface area (Å²) in [5.74, 6) is 4.79. The second kappa shape index (κ2) is 10.9. The van der Waals surface area contributed by atoms with Crippen molar-refractivity contribution in [2.75, 3.05) is 49.1 Å². The quantitative estimate of drug-likeness (QED) is 0.390. The molecule has 0 bridgehead atoms. The normalized spacial score (nSPS) is 26.5. The minimum Gasteiger partial charge on any atom is -0.385 e. The second-order valence-electron chi connectivity index (χ2n) is 12.9. The Labute approximate surface area is 243 Å². The van der Waals surface area contributed by atoms with E-state index in [2.05, 4.69) is 45.8 Å². The average molecular weight is 563 g/mol. The van der Waals surface area contributed by atoms with Crippen LogP contribution < -0.4 is 4.90 Å². The standard InChI is InChI=1S/C33H43FN4OS/c1-3-28-16-23(2)10-11-38(28)32-19-33(39-35-32)21-36(22-33)20-26-17-29(24-4-5-24)30(25-6-8-27(34)9-7-25)18-31(26)37-12-14-40-15-13-37/h6-9,17-18,23-24,28H,3-5,10-16,19-22H2,1-2H3. The molecule has 7 heteroatoms. The smallest absolute Gasteiger partial charge is 0.170 e. The van der Waals surface area contributed by atoms with E-state index in [1.54, 1.807) is 12.1 Å². The largest absolute Gasteiger partial charge is 0.385 e. The van der Waals surface area contributed by atoms with Gasteiger partial charge in [-0.3, -0.25) is 4.90 Å². The summed E-state index contributed by atoms with van der Waals surface area (Å²) >= 11 is 2.05. The summed E-state index contributed by atoms with van der Waals surface area (Å²) in [5.41, 5.74) is 6.52. The van der Waals surface area contributed by atoms with Gasteiger partial charge in [-0.2, -0.15) is 11.8 Å². The highest BCUT2D eigenvalue weighted by molar-refractivity contribution is 7.99. The summed E-state index contributed by atoms with van der Waals surface area (Å²) in [6.07, 6.45) is 7.15. The lowest BCUT2D eigenvalue weighted by molar-refractivity contribution is -0.128. The zero-order valence-electron chi connectivity index (χ0n) is 24.1. The number of halogens is 1. The monoisotopic (exact) mass is 562 g/mol. The van der Waals surface area contributed by atoms with Crippen molar-refractivity contribution in [3.05, 3.63) is 53.3 Å². The first-order chi connectivity index (χ1) is 19.5. The van der Waals surface area contributed by atoms with Gasteiger partial charge in [-0.1, -0.05) is 37.2 Å². The number of anilines is 1. The Balaban J connectivity index is 1.10. The molecule has 1 saturated carbocycles. The van der Waals surface area contributed by atoms with Crippen LogP contribution in [0.1, 0.15) is 69.4 Å². The molecule has 7 rings (SSSR count). The molecule has 0 amide bonds. The third-order valence-corrected chi connectivity index (χ3v) is 10.7. The minimum absolute atomic E-state index is 0.147. The summed E-state index contributed by atoms with van der Waals surface area (Å²) in [6, 6.07) is 12.6. The Morgan fingerprint density at radius 3 is 2.55 bits per heavy atom. The fourth-order valence-electron chi connectivity index (χ4n) is 7.41. The van der Waals surface area contributed by atoms with Crippen molar-refractivity contribution in [3.8, 4) is 11.1 Å². The van der Waals surface area contributed by atoms with Crippen molar-refractivity contribution in [3.63, 3.8) is 0 Å². The van der Waals surface area contributed by atoms with Crippen LogP contribution in [0.5, 0.6) is 0 Å². The predicted octanol–water partition coefficient (Wildman–Crippen LogP) is 6.72. The number of benzene rings is 2. The fraction of sp³-hybridized carbons (Fsp3) is 0.606. The van der Waals surface area contributed by atoms with Crippen LogP contribution in [-0.4, -0.2) is 71.5 Å². The third kappa shape index (κ3) is 5.24. The van der Waals surface area contributed by atoms with E-state index >= 15 is 0 Å². The number of hydrogen-bond acceptors (Lipinski definition) is 6. The highest BCUT2D eigenvalue weighted by Crippen LogP contribution is 2.47. The van der Waals surface area contributed by atoms with Gasteiger partial charge in [-0.15, -0.1) is 0 Å². The van der Waals surface area contributed by atoms with Gasteiger partial charge in [0.2, 0.25) is 0 Å². The van der Waals surface area contributed by atoms with Gasteiger partial charge in [0.15, 0.2) is 5.60 Å². The predicted molar refractivity (Wildman–Crippen MR) is 164 cm³/mol. The fourth-order valence-corrected chi connectivity index (χ4v) is 8.32. The molecule has 4 aliphatic heterocycles. The molecular weight excluding hydrogens is 519 g/mol. The van der Waals surface area contributed by atoms with Crippen molar-refractivity contribution in [1.29, 1.82) is 0 Å². The van der Waals surface area contributed by atoms with Crippen LogP contribution in [0.3, 0.4) is 0 Å². The zero-order chi connectivity index (χ0) is 27.3. The van der Waals surface area contributed by atoms with Gasteiger partial charge in [-0.25, -0.2) is 4.39 Å². The zero-order valence-corrected chi connectivity index (χ0v) is 24.9. The maximum absolute atomic E-state index is 13.8. The molecule has 4 heterocycles.